The molecule has 0 spiro atoms. The smallest absolute Gasteiger partial charge is 0.304 e. The van der Waals surface area contributed by atoms with Gasteiger partial charge >= 0.3 is 5.97 Å². The molecule has 0 aromatic carbocycles. The standard InChI is InChI=1S/C12H21N3O3/c1-5-15(7-6-10(16)17)8-9-13-14-11(18-9)12(2,3)4/h5-8H2,1-4H3,(H,16,17). The summed E-state index contributed by atoms with van der Waals surface area (Å²) in [4.78, 5) is 12.5. The van der Waals surface area contributed by atoms with Gasteiger partial charge in [-0.15, -0.1) is 10.2 Å². The van der Waals surface area contributed by atoms with E-state index in [1.54, 1.807) is 0 Å². The van der Waals surface area contributed by atoms with Gasteiger partial charge in [0.2, 0.25) is 11.8 Å². The molecule has 0 unspecified atom stereocenters. The van der Waals surface area contributed by atoms with Crippen molar-refractivity contribution in [1.82, 2.24) is 15.1 Å². The molecule has 0 amide bonds. The Balaban J connectivity index is 2.59. The molecule has 1 aromatic rings. The molecule has 0 atom stereocenters. The second-order valence-electron chi connectivity index (χ2n) is 5.26. The van der Waals surface area contributed by atoms with Gasteiger partial charge in [-0.1, -0.05) is 27.7 Å². The van der Waals surface area contributed by atoms with Crippen LogP contribution in [-0.2, 0) is 16.8 Å². The molecule has 0 saturated carbocycles. The predicted molar refractivity (Wildman–Crippen MR) is 66.2 cm³/mol. The quantitative estimate of drug-likeness (QED) is 0.832. The maximum Gasteiger partial charge on any atom is 0.304 e. The van der Waals surface area contributed by atoms with Crippen molar-refractivity contribution in [2.75, 3.05) is 13.1 Å². The Morgan fingerprint density at radius 3 is 2.50 bits per heavy atom. The summed E-state index contributed by atoms with van der Waals surface area (Å²) in [5.74, 6) is 0.341. The third-order valence-electron chi connectivity index (χ3n) is 2.56. The van der Waals surface area contributed by atoms with Gasteiger partial charge in [-0.25, -0.2) is 0 Å². The number of rotatable bonds is 6. The SMILES string of the molecule is CCN(CCC(=O)O)Cc1nnc(C(C)(C)C)o1. The zero-order chi connectivity index (χ0) is 13.8. The number of carboxylic acids is 1. The van der Waals surface area contributed by atoms with Crippen molar-refractivity contribution in [3.05, 3.63) is 11.8 Å². The Labute approximate surface area is 107 Å². The fraction of sp³-hybridized carbons (Fsp3) is 0.750. The Morgan fingerprint density at radius 1 is 1.39 bits per heavy atom. The summed E-state index contributed by atoms with van der Waals surface area (Å²) in [7, 11) is 0. The molecular weight excluding hydrogens is 234 g/mol. The monoisotopic (exact) mass is 255 g/mol. The summed E-state index contributed by atoms with van der Waals surface area (Å²) < 4.78 is 5.58. The molecule has 0 fully saturated rings. The van der Waals surface area contributed by atoms with Gasteiger partial charge in [0, 0.05) is 12.0 Å². The number of aliphatic carboxylic acids is 1. The van der Waals surface area contributed by atoms with Crippen molar-refractivity contribution in [2.45, 2.75) is 46.1 Å². The molecule has 0 saturated heterocycles. The van der Waals surface area contributed by atoms with Crippen LogP contribution in [0.25, 0.3) is 0 Å². The van der Waals surface area contributed by atoms with Crippen molar-refractivity contribution in [2.24, 2.45) is 0 Å². The highest BCUT2D eigenvalue weighted by Crippen LogP contribution is 2.20. The van der Waals surface area contributed by atoms with E-state index < -0.39 is 5.97 Å². The Morgan fingerprint density at radius 2 is 2.06 bits per heavy atom. The topological polar surface area (TPSA) is 79.5 Å². The molecule has 0 bridgehead atoms. The third kappa shape index (κ3) is 4.44. The highest BCUT2D eigenvalue weighted by atomic mass is 16.4. The normalized spacial score (nSPS) is 12.1. The number of hydrogen-bond donors (Lipinski definition) is 1. The average molecular weight is 255 g/mol. The lowest BCUT2D eigenvalue weighted by Gasteiger charge is -2.17. The van der Waals surface area contributed by atoms with Crippen LogP contribution in [0.5, 0.6) is 0 Å². The van der Waals surface area contributed by atoms with Crippen LogP contribution >= 0.6 is 0 Å². The van der Waals surface area contributed by atoms with Gasteiger partial charge in [-0.05, 0) is 6.54 Å². The van der Waals surface area contributed by atoms with Crippen LogP contribution in [0.1, 0.15) is 45.9 Å². The minimum absolute atomic E-state index is 0.119. The number of carbonyl (C=O) groups is 1. The van der Waals surface area contributed by atoms with Crippen LogP contribution < -0.4 is 0 Å². The van der Waals surface area contributed by atoms with Crippen LogP contribution in [0.4, 0.5) is 0 Å². The maximum absolute atomic E-state index is 10.5. The zero-order valence-electron chi connectivity index (χ0n) is 11.4. The van der Waals surface area contributed by atoms with E-state index in [4.69, 9.17) is 9.52 Å². The van der Waals surface area contributed by atoms with Crippen LogP contribution in [0.3, 0.4) is 0 Å². The van der Waals surface area contributed by atoms with Gasteiger partial charge in [0.15, 0.2) is 0 Å². The van der Waals surface area contributed by atoms with Gasteiger partial charge in [0.05, 0.1) is 13.0 Å². The van der Waals surface area contributed by atoms with Gasteiger partial charge in [-0.2, -0.15) is 0 Å². The molecule has 1 heterocycles. The van der Waals surface area contributed by atoms with Crippen molar-refractivity contribution >= 4 is 5.97 Å². The van der Waals surface area contributed by atoms with Crippen LogP contribution in [0, 0.1) is 0 Å². The first-order chi connectivity index (χ1) is 8.32. The lowest BCUT2D eigenvalue weighted by Crippen LogP contribution is -2.25. The van der Waals surface area contributed by atoms with E-state index in [1.807, 2.05) is 32.6 Å². The van der Waals surface area contributed by atoms with Crippen LogP contribution in [0.15, 0.2) is 4.42 Å². The second-order valence-corrected chi connectivity index (χ2v) is 5.26. The van der Waals surface area contributed by atoms with E-state index in [-0.39, 0.29) is 11.8 Å². The molecule has 1 N–H and O–H groups in total. The van der Waals surface area contributed by atoms with Gasteiger partial charge in [0.1, 0.15) is 0 Å². The molecular formula is C12H21N3O3. The molecule has 0 aliphatic carbocycles. The van der Waals surface area contributed by atoms with E-state index in [2.05, 4.69) is 10.2 Å². The largest absolute Gasteiger partial charge is 0.481 e. The van der Waals surface area contributed by atoms with Crippen molar-refractivity contribution in [1.29, 1.82) is 0 Å². The lowest BCUT2D eigenvalue weighted by atomic mass is 9.97. The Bertz CT molecular complexity index is 396. The van der Waals surface area contributed by atoms with E-state index in [1.165, 1.54) is 0 Å². The molecule has 1 rings (SSSR count). The summed E-state index contributed by atoms with van der Waals surface area (Å²) in [6.07, 6.45) is 0.119. The zero-order valence-corrected chi connectivity index (χ0v) is 11.4. The van der Waals surface area contributed by atoms with Crippen molar-refractivity contribution < 1.29 is 14.3 Å². The molecule has 0 aliphatic heterocycles. The molecule has 0 aliphatic rings. The molecule has 6 heteroatoms. The third-order valence-corrected chi connectivity index (χ3v) is 2.56. The lowest BCUT2D eigenvalue weighted by molar-refractivity contribution is -0.137. The first-order valence-electron chi connectivity index (χ1n) is 6.10. The minimum Gasteiger partial charge on any atom is -0.481 e. The molecule has 6 nitrogen and oxygen atoms in total. The summed E-state index contributed by atoms with van der Waals surface area (Å²) in [5.41, 5.74) is -0.163. The first-order valence-corrected chi connectivity index (χ1v) is 6.10. The van der Waals surface area contributed by atoms with Crippen LogP contribution in [-0.4, -0.2) is 39.3 Å². The van der Waals surface area contributed by atoms with E-state index >= 15 is 0 Å². The minimum atomic E-state index is -0.797. The maximum atomic E-state index is 10.5. The average Bonchev–Trinajstić information content (AvgIpc) is 2.71. The number of carboxylic acid groups (broad SMARTS) is 1. The molecule has 1 aromatic heterocycles. The Kier molecular flexibility index (Phi) is 4.84. The number of nitrogens with zero attached hydrogens (tertiary/aromatic N) is 3. The summed E-state index contributed by atoms with van der Waals surface area (Å²) >= 11 is 0. The number of aromatic nitrogens is 2. The van der Waals surface area contributed by atoms with Crippen LogP contribution in [0.2, 0.25) is 0 Å². The fourth-order valence-electron chi connectivity index (χ4n) is 1.41. The van der Waals surface area contributed by atoms with E-state index in [0.29, 0.717) is 24.9 Å². The molecule has 18 heavy (non-hydrogen) atoms. The number of hydrogen-bond acceptors (Lipinski definition) is 5. The second kappa shape index (κ2) is 5.95. The summed E-state index contributed by atoms with van der Waals surface area (Å²) in [5, 5.41) is 16.7. The van der Waals surface area contributed by atoms with Gasteiger partial charge in [-0.3, -0.25) is 9.69 Å². The molecule has 102 valence electrons. The highest BCUT2D eigenvalue weighted by molar-refractivity contribution is 5.66. The summed E-state index contributed by atoms with van der Waals surface area (Å²) in [6, 6.07) is 0. The Hall–Kier alpha value is -1.43. The van der Waals surface area contributed by atoms with E-state index in [9.17, 15) is 4.79 Å². The van der Waals surface area contributed by atoms with Crippen molar-refractivity contribution in [3.63, 3.8) is 0 Å². The van der Waals surface area contributed by atoms with Gasteiger partial charge in [0.25, 0.3) is 0 Å². The summed E-state index contributed by atoms with van der Waals surface area (Å²) in [6.45, 7) is 9.72. The van der Waals surface area contributed by atoms with Gasteiger partial charge < -0.3 is 9.52 Å². The molecule has 0 radical (unpaired) electrons. The fourth-order valence-corrected chi connectivity index (χ4v) is 1.41. The van der Waals surface area contributed by atoms with E-state index in [0.717, 1.165) is 6.54 Å². The first kappa shape index (κ1) is 14.6. The predicted octanol–water partition coefficient (Wildman–Crippen LogP) is 1.66. The van der Waals surface area contributed by atoms with Crippen molar-refractivity contribution in [3.8, 4) is 0 Å². The highest BCUT2D eigenvalue weighted by Gasteiger charge is 2.22.